The summed E-state index contributed by atoms with van der Waals surface area (Å²) in [7, 11) is 0. The average molecular weight is 224 g/mol. The van der Waals surface area contributed by atoms with Crippen LogP contribution < -0.4 is 11.5 Å². The summed E-state index contributed by atoms with van der Waals surface area (Å²) in [5.74, 6) is -1.64. The third kappa shape index (κ3) is 3.15. The van der Waals surface area contributed by atoms with E-state index in [0.717, 1.165) is 6.08 Å². The lowest BCUT2D eigenvalue weighted by Crippen LogP contribution is -2.20. The maximum absolute atomic E-state index is 13.5. The number of halogens is 1. The van der Waals surface area contributed by atoms with Crippen molar-refractivity contribution in [2.24, 2.45) is 11.5 Å². The van der Waals surface area contributed by atoms with E-state index in [1.54, 1.807) is 6.07 Å². The lowest BCUT2D eigenvalue weighted by atomic mass is 10.0. The molecule has 0 heterocycles. The molecule has 1 rings (SSSR count). The topological polar surface area (TPSA) is 89.3 Å². The SMILES string of the molecule is NC[C@H](N)c1ccc(/C=C/C(=O)O)c(F)c1. The molecule has 0 spiro atoms. The van der Waals surface area contributed by atoms with Crippen LogP contribution in [0.5, 0.6) is 0 Å². The summed E-state index contributed by atoms with van der Waals surface area (Å²) < 4.78 is 13.5. The first-order valence-corrected chi connectivity index (χ1v) is 4.70. The maximum Gasteiger partial charge on any atom is 0.328 e. The molecule has 5 heteroatoms. The van der Waals surface area contributed by atoms with Gasteiger partial charge in [-0.2, -0.15) is 0 Å². The molecule has 0 aliphatic heterocycles. The van der Waals surface area contributed by atoms with Gasteiger partial charge in [0.15, 0.2) is 0 Å². The molecule has 0 aromatic heterocycles. The minimum atomic E-state index is -1.12. The van der Waals surface area contributed by atoms with Crippen LogP contribution in [-0.2, 0) is 4.79 Å². The molecular weight excluding hydrogens is 211 g/mol. The molecule has 0 saturated heterocycles. The number of carboxylic acid groups (broad SMARTS) is 1. The Hall–Kier alpha value is -1.72. The smallest absolute Gasteiger partial charge is 0.328 e. The monoisotopic (exact) mass is 224 g/mol. The zero-order valence-corrected chi connectivity index (χ0v) is 8.56. The fourth-order valence-electron chi connectivity index (χ4n) is 1.21. The molecule has 1 aromatic carbocycles. The minimum absolute atomic E-state index is 0.204. The Bertz CT molecular complexity index is 418. The van der Waals surface area contributed by atoms with Gasteiger partial charge in [-0.3, -0.25) is 0 Å². The van der Waals surface area contributed by atoms with Crippen molar-refractivity contribution in [1.82, 2.24) is 0 Å². The van der Waals surface area contributed by atoms with Crippen LogP contribution in [0.3, 0.4) is 0 Å². The zero-order valence-electron chi connectivity index (χ0n) is 8.56. The summed E-state index contributed by atoms with van der Waals surface area (Å²) in [6, 6.07) is 3.95. The van der Waals surface area contributed by atoms with Gasteiger partial charge in [0.2, 0.25) is 0 Å². The van der Waals surface area contributed by atoms with Gasteiger partial charge in [0.05, 0.1) is 0 Å². The summed E-state index contributed by atoms with van der Waals surface area (Å²) in [5, 5.41) is 8.40. The van der Waals surface area contributed by atoms with Crippen LogP contribution in [0.25, 0.3) is 6.08 Å². The van der Waals surface area contributed by atoms with Gasteiger partial charge in [0, 0.05) is 24.2 Å². The highest BCUT2D eigenvalue weighted by molar-refractivity contribution is 5.85. The Labute approximate surface area is 92.4 Å². The summed E-state index contributed by atoms with van der Waals surface area (Å²) in [5.41, 5.74) is 11.8. The first kappa shape index (κ1) is 12.4. The Morgan fingerprint density at radius 2 is 2.25 bits per heavy atom. The molecule has 0 fully saturated rings. The van der Waals surface area contributed by atoms with E-state index < -0.39 is 17.8 Å². The second kappa shape index (κ2) is 5.39. The molecule has 0 unspecified atom stereocenters. The number of hydrogen-bond donors (Lipinski definition) is 3. The molecule has 0 aliphatic rings. The van der Waals surface area contributed by atoms with Gasteiger partial charge in [-0.25, -0.2) is 9.18 Å². The molecule has 1 aromatic rings. The van der Waals surface area contributed by atoms with Gasteiger partial charge in [-0.1, -0.05) is 12.1 Å². The molecule has 0 amide bonds. The van der Waals surface area contributed by atoms with Crippen molar-refractivity contribution in [3.63, 3.8) is 0 Å². The molecular formula is C11H13FN2O2. The van der Waals surface area contributed by atoms with Crippen molar-refractivity contribution < 1.29 is 14.3 Å². The van der Waals surface area contributed by atoms with Crippen LogP contribution in [0.2, 0.25) is 0 Å². The van der Waals surface area contributed by atoms with E-state index in [9.17, 15) is 9.18 Å². The van der Waals surface area contributed by atoms with Gasteiger partial charge in [-0.05, 0) is 17.7 Å². The van der Waals surface area contributed by atoms with Crippen molar-refractivity contribution in [2.45, 2.75) is 6.04 Å². The number of nitrogens with two attached hydrogens (primary N) is 2. The van der Waals surface area contributed by atoms with Crippen molar-refractivity contribution in [3.8, 4) is 0 Å². The standard InChI is InChI=1S/C11H13FN2O2/c12-9-5-8(10(14)6-13)2-1-7(9)3-4-11(15)16/h1-5,10H,6,13-14H2,(H,15,16)/b4-3+/t10-/m0/s1. The molecule has 0 saturated carbocycles. The number of carboxylic acids is 1. The zero-order chi connectivity index (χ0) is 12.1. The molecule has 0 radical (unpaired) electrons. The lowest BCUT2D eigenvalue weighted by Gasteiger charge is -2.09. The first-order chi connectivity index (χ1) is 7.54. The van der Waals surface area contributed by atoms with E-state index in [0.29, 0.717) is 5.56 Å². The Morgan fingerprint density at radius 3 is 2.75 bits per heavy atom. The fourth-order valence-corrected chi connectivity index (χ4v) is 1.21. The van der Waals surface area contributed by atoms with Crippen LogP contribution in [0.1, 0.15) is 17.2 Å². The summed E-state index contributed by atoms with van der Waals surface area (Å²) in [4.78, 5) is 10.3. The van der Waals surface area contributed by atoms with Crippen molar-refractivity contribution >= 4 is 12.0 Å². The average Bonchev–Trinajstić information content (AvgIpc) is 2.26. The van der Waals surface area contributed by atoms with Crippen molar-refractivity contribution in [2.75, 3.05) is 6.54 Å². The Balaban J connectivity index is 2.96. The number of carbonyl (C=O) groups is 1. The number of benzene rings is 1. The highest BCUT2D eigenvalue weighted by Gasteiger charge is 2.06. The Kier molecular flexibility index (Phi) is 4.16. The van der Waals surface area contributed by atoms with E-state index in [2.05, 4.69) is 0 Å². The van der Waals surface area contributed by atoms with Crippen molar-refractivity contribution in [3.05, 3.63) is 41.2 Å². The van der Waals surface area contributed by atoms with Crippen molar-refractivity contribution in [1.29, 1.82) is 0 Å². The number of aliphatic carboxylic acids is 1. The van der Waals surface area contributed by atoms with Gasteiger partial charge >= 0.3 is 5.97 Å². The third-order valence-electron chi connectivity index (χ3n) is 2.11. The van der Waals surface area contributed by atoms with Crippen LogP contribution >= 0.6 is 0 Å². The van der Waals surface area contributed by atoms with E-state index in [1.165, 1.54) is 18.2 Å². The maximum atomic E-state index is 13.5. The number of hydrogen-bond acceptors (Lipinski definition) is 3. The summed E-state index contributed by atoms with van der Waals surface area (Å²) in [6.07, 6.45) is 2.07. The van der Waals surface area contributed by atoms with Crippen LogP contribution in [0.15, 0.2) is 24.3 Å². The predicted octanol–water partition coefficient (Wildman–Crippen LogP) is 0.882. The fraction of sp³-hybridized carbons (Fsp3) is 0.182. The highest BCUT2D eigenvalue weighted by Crippen LogP contribution is 2.16. The van der Waals surface area contributed by atoms with Gasteiger partial charge < -0.3 is 16.6 Å². The second-order valence-electron chi connectivity index (χ2n) is 3.29. The Morgan fingerprint density at radius 1 is 1.56 bits per heavy atom. The van der Waals surface area contributed by atoms with Gasteiger partial charge in [-0.15, -0.1) is 0 Å². The second-order valence-corrected chi connectivity index (χ2v) is 3.29. The van der Waals surface area contributed by atoms with E-state index >= 15 is 0 Å². The summed E-state index contributed by atoms with van der Waals surface area (Å²) in [6.45, 7) is 0.226. The van der Waals surface area contributed by atoms with Crippen LogP contribution in [0.4, 0.5) is 4.39 Å². The first-order valence-electron chi connectivity index (χ1n) is 4.70. The molecule has 1 atom stereocenters. The molecule has 5 N–H and O–H groups in total. The van der Waals surface area contributed by atoms with E-state index in [4.69, 9.17) is 16.6 Å². The quantitative estimate of drug-likeness (QED) is 0.662. The van der Waals surface area contributed by atoms with Crippen LogP contribution in [-0.4, -0.2) is 17.6 Å². The third-order valence-corrected chi connectivity index (χ3v) is 2.11. The van der Waals surface area contributed by atoms with Crippen LogP contribution in [0, 0.1) is 5.82 Å². The molecule has 0 aliphatic carbocycles. The molecule has 86 valence electrons. The predicted molar refractivity (Wildman–Crippen MR) is 59.1 cm³/mol. The highest BCUT2D eigenvalue weighted by atomic mass is 19.1. The molecule has 16 heavy (non-hydrogen) atoms. The molecule has 0 bridgehead atoms. The van der Waals surface area contributed by atoms with Gasteiger partial charge in [0.1, 0.15) is 5.82 Å². The van der Waals surface area contributed by atoms with Gasteiger partial charge in [0.25, 0.3) is 0 Å². The molecule has 4 nitrogen and oxygen atoms in total. The van der Waals surface area contributed by atoms with E-state index in [-0.39, 0.29) is 12.1 Å². The largest absolute Gasteiger partial charge is 0.478 e. The normalized spacial score (nSPS) is 12.9. The lowest BCUT2D eigenvalue weighted by molar-refractivity contribution is -0.131. The summed E-state index contributed by atoms with van der Waals surface area (Å²) >= 11 is 0. The van der Waals surface area contributed by atoms with E-state index in [1.807, 2.05) is 0 Å². The number of rotatable bonds is 4. The minimum Gasteiger partial charge on any atom is -0.478 e.